The lowest BCUT2D eigenvalue weighted by atomic mass is 9.99. The SMILES string of the molecule is Cc1cccc(C(O)c2ccc3c(c2)n(C)c(=O)n3C)c1. The molecule has 0 saturated carbocycles. The highest BCUT2D eigenvalue weighted by Crippen LogP contribution is 2.25. The molecule has 4 heteroatoms. The quantitative estimate of drug-likeness (QED) is 0.784. The molecule has 4 nitrogen and oxygen atoms in total. The van der Waals surface area contributed by atoms with Crippen molar-refractivity contribution < 1.29 is 5.11 Å². The molecule has 1 N–H and O–H groups in total. The Kier molecular flexibility index (Phi) is 3.18. The van der Waals surface area contributed by atoms with E-state index in [0.29, 0.717) is 0 Å². The summed E-state index contributed by atoms with van der Waals surface area (Å²) in [6, 6.07) is 13.4. The van der Waals surface area contributed by atoms with Gasteiger partial charge in [-0.1, -0.05) is 35.9 Å². The van der Waals surface area contributed by atoms with Gasteiger partial charge in [-0.2, -0.15) is 0 Å². The summed E-state index contributed by atoms with van der Waals surface area (Å²) < 4.78 is 3.21. The zero-order chi connectivity index (χ0) is 15.1. The van der Waals surface area contributed by atoms with Crippen LogP contribution in [0.1, 0.15) is 22.8 Å². The normalized spacial score (nSPS) is 12.8. The second kappa shape index (κ2) is 4.90. The zero-order valence-electron chi connectivity index (χ0n) is 12.4. The topological polar surface area (TPSA) is 47.2 Å². The van der Waals surface area contributed by atoms with Crippen LogP contribution in [0.5, 0.6) is 0 Å². The molecule has 0 amide bonds. The molecule has 1 unspecified atom stereocenters. The zero-order valence-corrected chi connectivity index (χ0v) is 12.4. The smallest absolute Gasteiger partial charge is 0.328 e. The van der Waals surface area contributed by atoms with E-state index in [4.69, 9.17) is 0 Å². The van der Waals surface area contributed by atoms with Crippen LogP contribution in [-0.4, -0.2) is 14.2 Å². The fourth-order valence-corrected chi connectivity index (χ4v) is 2.73. The standard InChI is InChI=1S/C17H18N2O2/c1-11-5-4-6-12(9-11)16(20)13-7-8-14-15(10-13)19(3)17(21)18(14)2/h4-10,16,20H,1-3H3. The number of hydrogen-bond donors (Lipinski definition) is 1. The monoisotopic (exact) mass is 282 g/mol. The van der Waals surface area contributed by atoms with Gasteiger partial charge in [0.1, 0.15) is 6.10 Å². The molecule has 21 heavy (non-hydrogen) atoms. The van der Waals surface area contributed by atoms with Crippen molar-refractivity contribution in [1.29, 1.82) is 0 Å². The Morgan fingerprint density at radius 3 is 2.33 bits per heavy atom. The van der Waals surface area contributed by atoms with Gasteiger partial charge in [0.2, 0.25) is 0 Å². The van der Waals surface area contributed by atoms with Crippen LogP contribution >= 0.6 is 0 Å². The van der Waals surface area contributed by atoms with Crippen LogP contribution in [0.25, 0.3) is 11.0 Å². The molecule has 0 spiro atoms. The first-order chi connectivity index (χ1) is 9.99. The van der Waals surface area contributed by atoms with Gasteiger partial charge in [0.05, 0.1) is 11.0 Å². The van der Waals surface area contributed by atoms with E-state index in [1.54, 1.807) is 23.2 Å². The molecule has 108 valence electrons. The molecule has 0 fully saturated rings. The summed E-state index contributed by atoms with van der Waals surface area (Å²) >= 11 is 0. The first-order valence-electron chi connectivity index (χ1n) is 6.89. The van der Waals surface area contributed by atoms with Gasteiger partial charge in [-0.05, 0) is 30.2 Å². The molecule has 1 atom stereocenters. The predicted molar refractivity (Wildman–Crippen MR) is 83.4 cm³/mol. The molecule has 0 aliphatic rings. The minimum absolute atomic E-state index is 0.0628. The summed E-state index contributed by atoms with van der Waals surface area (Å²) in [5, 5.41) is 10.5. The predicted octanol–water partition coefficient (Wildman–Crippen LogP) is 2.27. The van der Waals surface area contributed by atoms with Gasteiger partial charge < -0.3 is 5.11 Å². The molecular weight excluding hydrogens is 264 g/mol. The third-order valence-corrected chi connectivity index (χ3v) is 3.97. The van der Waals surface area contributed by atoms with Crippen molar-refractivity contribution in [3.63, 3.8) is 0 Å². The van der Waals surface area contributed by atoms with Gasteiger partial charge in [0, 0.05) is 14.1 Å². The Hall–Kier alpha value is -2.33. The number of aliphatic hydroxyl groups excluding tert-OH is 1. The molecule has 3 rings (SSSR count). The van der Waals surface area contributed by atoms with Crippen molar-refractivity contribution in [2.24, 2.45) is 14.1 Å². The molecule has 1 heterocycles. The van der Waals surface area contributed by atoms with Gasteiger partial charge in [-0.3, -0.25) is 9.13 Å². The molecule has 0 aliphatic carbocycles. The maximum Gasteiger partial charge on any atom is 0.328 e. The Balaban J connectivity index is 2.13. The maximum absolute atomic E-state index is 11.9. The van der Waals surface area contributed by atoms with E-state index in [0.717, 1.165) is 27.7 Å². The number of hydrogen-bond acceptors (Lipinski definition) is 2. The van der Waals surface area contributed by atoms with Crippen LogP contribution < -0.4 is 5.69 Å². The molecule has 0 saturated heterocycles. The number of aliphatic hydroxyl groups is 1. The fraction of sp³-hybridized carbons (Fsp3) is 0.235. The Labute approximate surface area is 122 Å². The van der Waals surface area contributed by atoms with E-state index in [9.17, 15) is 9.90 Å². The summed E-state index contributed by atoms with van der Waals surface area (Å²) in [6.07, 6.45) is -0.690. The lowest BCUT2D eigenvalue weighted by molar-refractivity contribution is 0.220. The van der Waals surface area contributed by atoms with E-state index in [1.165, 1.54) is 0 Å². The van der Waals surface area contributed by atoms with Gasteiger partial charge >= 0.3 is 5.69 Å². The lowest BCUT2D eigenvalue weighted by Gasteiger charge is -2.12. The van der Waals surface area contributed by atoms with E-state index in [1.807, 2.05) is 49.4 Å². The third-order valence-electron chi connectivity index (χ3n) is 3.97. The number of imidazole rings is 1. The summed E-state index contributed by atoms with van der Waals surface area (Å²) in [6.45, 7) is 2.00. The Morgan fingerprint density at radius 1 is 0.952 bits per heavy atom. The van der Waals surface area contributed by atoms with Crippen molar-refractivity contribution in [3.05, 3.63) is 69.6 Å². The minimum atomic E-state index is -0.690. The van der Waals surface area contributed by atoms with E-state index < -0.39 is 6.10 Å². The lowest BCUT2D eigenvalue weighted by Crippen LogP contribution is -2.19. The second-order valence-electron chi connectivity index (χ2n) is 5.47. The Morgan fingerprint density at radius 2 is 1.62 bits per heavy atom. The average molecular weight is 282 g/mol. The number of aryl methyl sites for hydroxylation is 3. The first kappa shape index (κ1) is 13.6. The van der Waals surface area contributed by atoms with Crippen LogP contribution in [0.2, 0.25) is 0 Å². The van der Waals surface area contributed by atoms with Gasteiger partial charge in [0.15, 0.2) is 0 Å². The fourth-order valence-electron chi connectivity index (χ4n) is 2.73. The third kappa shape index (κ3) is 2.17. The highest BCUT2D eigenvalue weighted by Gasteiger charge is 2.14. The van der Waals surface area contributed by atoms with Crippen LogP contribution in [0.4, 0.5) is 0 Å². The number of nitrogens with zero attached hydrogens (tertiary/aromatic N) is 2. The largest absolute Gasteiger partial charge is 0.384 e. The molecule has 1 aromatic heterocycles. The summed E-state index contributed by atoms with van der Waals surface area (Å²) in [5.41, 5.74) is 4.38. The van der Waals surface area contributed by atoms with E-state index in [-0.39, 0.29) is 5.69 Å². The van der Waals surface area contributed by atoms with Crippen LogP contribution in [0.15, 0.2) is 47.3 Å². The van der Waals surface area contributed by atoms with Crippen molar-refractivity contribution in [3.8, 4) is 0 Å². The molecule has 0 aliphatic heterocycles. The summed E-state index contributed by atoms with van der Waals surface area (Å²) in [7, 11) is 3.49. The van der Waals surface area contributed by atoms with Crippen LogP contribution in [0.3, 0.4) is 0 Å². The Bertz CT molecular complexity index is 874. The number of aromatic nitrogens is 2. The highest BCUT2D eigenvalue weighted by atomic mass is 16.3. The van der Waals surface area contributed by atoms with Crippen LogP contribution in [-0.2, 0) is 14.1 Å². The van der Waals surface area contributed by atoms with Crippen molar-refractivity contribution >= 4 is 11.0 Å². The van der Waals surface area contributed by atoms with Crippen LogP contribution in [0, 0.1) is 6.92 Å². The van der Waals surface area contributed by atoms with E-state index in [2.05, 4.69) is 0 Å². The summed E-state index contributed by atoms with van der Waals surface area (Å²) in [4.78, 5) is 11.9. The highest BCUT2D eigenvalue weighted by molar-refractivity contribution is 5.77. The number of fused-ring (bicyclic) bond motifs is 1. The number of benzene rings is 2. The van der Waals surface area contributed by atoms with E-state index >= 15 is 0 Å². The summed E-state index contributed by atoms with van der Waals surface area (Å²) in [5.74, 6) is 0. The second-order valence-corrected chi connectivity index (χ2v) is 5.47. The van der Waals surface area contributed by atoms with Gasteiger partial charge in [0.25, 0.3) is 0 Å². The van der Waals surface area contributed by atoms with Crippen molar-refractivity contribution in [1.82, 2.24) is 9.13 Å². The molecule has 3 aromatic rings. The number of rotatable bonds is 2. The molecule has 2 aromatic carbocycles. The molecular formula is C17H18N2O2. The molecule has 0 radical (unpaired) electrons. The van der Waals surface area contributed by atoms with Crippen molar-refractivity contribution in [2.75, 3.05) is 0 Å². The average Bonchev–Trinajstić information content (AvgIpc) is 2.71. The first-order valence-corrected chi connectivity index (χ1v) is 6.89. The molecule has 0 bridgehead atoms. The van der Waals surface area contributed by atoms with Gasteiger partial charge in [-0.25, -0.2) is 4.79 Å². The maximum atomic E-state index is 11.9. The minimum Gasteiger partial charge on any atom is -0.384 e. The van der Waals surface area contributed by atoms with Gasteiger partial charge in [-0.15, -0.1) is 0 Å². The van der Waals surface area contributed by atoms with Crippen molar-refractivity contribution in [2.45, 2.75) is 13.0 Å².